The number of benzene rings is 1. The van der Waals surface area contributed by atoms with Crippen LogP contribution in [-0.4, -0.2) is 51.4 Å². The third-order valence-electron chi connectivity index (χ3n) is 6.39. The second-order valence-corrected chi connectivity index (χ2v) is 8.59. The molecular weight excluding hydrogens is 390 g/mol. The summed E-state index contributed by atoms with van der Waals surface area (Å²) in [6.07, 6.45) is 8.98. The van der Waals surface area contributed by atoms with Crippen LogP contribution in [0.4, 0.5) is 5.82 Å². The lowest BCUT2D eigenvalue weighted by molar-refractivity contribution is -0.124. The molecule has 162 valence electrons. The Morgan fingerprint density at radius 2 is 2.00 bits per heavy atom. The Morgan fingerprint density at radius 1 is 1.13 bits per heavy atom. The molecule has 0 unspecified atom stereocenters. The van der Waals surface area contributed by atoms with E-state index in [1.54, 1.807) is 0 Å². The van der Waals surface area contributed by atoms with Crippen LogP contribution in [0.3, 0.4) is 0 Å². The number of ether oxygens (including phenoxy) is 1. The average molecular weight is 420 g/mol. The molecule has 0 spiro atoms. The van der Waals surface area contributed by atoms with Crippen molar-refractivity contribution in [3.05, 3.63) is 42.4 Å². The van der Waals surface area contributed by atoms with Gasteiger partial charge in [-0.3, -0.25) is 14.4 Å². The molecule has 1 atom stereocenters. The zero-order valence-corrected chi connectivity index (χ0v) is 18.0. The third kappa shape index (κ3) is 4.34. The lowest BCUT2D eigenvalue weighted by Gasteiger charge is -2.26. The molecule has 2 saturated heterocycles. The van der Waals surface area contributed by atoms with Crippen LogP contribution in [0.25, 0.3) is 21.9 Å². The van der Waals surface area contributed by atoms with Crippen LogP contribution < -0.4 is 5.32 Å². The van der Waals surface area contributed by atoms with Crippen LogP contribution in [0.1, 0.15) is 37.8 Å². The van der Waals surface area contributed by atoms with E-state index in [1.807, 2.05) is 30.2 Å². The van der Waals surface area contributed by atoms with E-state index in [1.165, 1.54) is 25.0 Å². The number of nitrogens with one attached hydrogen (secondary N) is 1. The smallest absolute Gasteiger partial charge is 0.254 e. The molecule has 0 bridgehead atoms. The topological polar surface area (TPSA) is 72.3 Å². The van der Waals surface area contributed by atoms with E-state index in [2.05, 4.69) is 38.5 Å². The molecule has 0 aliphatic carbocycles. The van der Waals surface area contributed by atoms with Crippen molar-refractivity contribution < 1.29 is 9.53 Å². The van der Waals surface area contributed by atoms with E-state index < -0.39 is 0 Å². The molecule has 2 aromatic heterocycles. The summed E-state index contributed by atoms with van der Waals surface area (Å²) in [5, 5.41) is 9.54. The van der Waals surface area contributed by atoms with Crippen molar-refractivity contribution in [3.63, 3.8) is 0 Å². The number of likely N-dealkylation sites (tertiary alicyclic amines) is 1. The Hall–Kier alpha value is -2.77. The largest absolute Gasteiger partial charge is 0.368 e. The van der Waals surface area contributed by atoms with Gasteiger partial charge in [-0.1, -0.05) is 18.6 Å². The van der Waals surface area contributed by atoms with Crippen LogP contribution in [-0.2, 0) is 23.1 Å². The van der Waals surface area contributed by atoms with Crippen LogP contribution >= 0.6 is 0 Å². The van der Waals surface area contributed by atoms with Crippen molar-refractivity contribution in [2.75, 3.05) is 25.0 Å². The molecular formula is C24H29N5O2. The summed E-state index contributed by atoms with van der Waals surface area (Å²) >= 11 is 0. The van der Waals surface area contributed by atoms with Gasteiger partial charge in [0.1, 0.15) is 11.9 Å². The number of pyridine rings is 1. The summed E-state index contributed by atoms with van der Waals surface area (Å²) < 4.78 is 7.47. The van der Waals surface area contributed by atoms with Crippen molar-refractivity contribution in [1.29, 1.82) is 0 Å². The summed E-state index contributed by atoms with van der Waals surface area (Å²) in [6.45, 7) is 3.88. The van der Waals surface area contributed by atoms with Crippen LogP contribution in [0.2, 0.25) is 0 Å². The highest BCUT2D eigenvalue weighted by Crippen LogP contribution is 2.29. The highest BCUT2D eigenvalue weighted by molar-refractivity contribution is 5.96. The molecule has 1 amide bonds. The molecule has 2 aliphatic heterocycles. The molecule has 31 heavy (non-hydrogen) atoms. The number of piperidine rings is 1. The Morgan fingerprint density at radius 3 is 2.81 bits per heavy atom. The third-order valence-corrected chi connectivity index (χ3v) is 6.39. The number of anilines is 1. The Balaban J connectivity index is 1.41. The van der Waals surface area contributed by atoms with Gasteiger partial charge >= 0.3 is 0 Å². The van der Waals surface area contributed by atoms with E-state index >= 15 is 0 Å². The van der Waals surface area contributed by atoms with Crippen molar-refractivity contribution >= 4 is 22.5 Å². The molecule has 0 radical (unpaired) electrons. The number of hydrogen-bond donors (Lipinski definition) is 1. The molecule has 3 aromatic rings. The van der Waals surface area contributed by atoms with Crippen LogP contribution in [0, 0.1) is 0 Å². The van der Waals surface area contributed by atoms with Gasteiger partial charge in [0, 0.05) is 37.3 Å². The fourth-order valence-corrected chi connectivity index (χ4v) is 4.59. The van der Waals surface area contributed by atoms with Crippen molar-refractivity contribution in [2.45, 2.75) is 44.8 Å². The lowest BCUT2D eigenvalue weighted by Crippen LogP contribution is -2.30. The van der Waals surface area contributed by atoms with Gasteiger partial charge in [0.2, 0.25) is 0 Å². The molecule has 0 saturated carbocycles. The Bertz CT molecular complexity index is 1080. The van der Waals surface area contributed by atoms with Gasteiger partial charge in [-0.25, -0.2) is 4.98 Å². The SMILES string of the molecule is Cn1ncc(-c2ccc3cnc(NC(=O)[C@H]4CCCO4)cc3c2)c1CN1CCCCC1. The van der Waals surface area contributed by atoms with Crippen molar-refractivity contribution in [3.8, 4) is 11.1 Å². The number of carbonyl (C=O) groups excluding carboxylic acids is 1. The van der Waals surface area contributed by atoms with Crippen LogP contribution in [0.5, 0.6) is 0 Å². The van der Waals surface area contributed by atoms with Gasteiger partial charge in [-0.2, -0.15) is 5.10 Å². The number of fused-ring (bicyclic) bond motifs is 1. The fraction of sp³-hybridized carbons (Fsp3) is 0.458. The summed E-state index contributed by atoms with van der Waals surface area (Å²) in [6, 6.07) is 8.31. The number of carbonyl (C=O) groups is 1. The molecule has 5 rings (SSSR count). The fourth-order valence-electron chi connectivity index (χ4n) is 4.59. The maximum absolute atomic E-state index is 12.4. The number of hydrogen-bond acceptors (Lipinski definition) is 5. The summed E-state index contributed by atoms with van der Waals surface area (Å²) in [4.78, 5) is 19.3. The number of aryl methyl sites for hydroxylation is 1. The normalized spacial score (nSPS) is 19.7. The first-order valence-electron chi connectivity index (χ1n) is 11.2. The number of aromatic nitrogens is 3. The molecule has 1 aromatic carbocycles. The van der Waals surface area contributed by atoms with Gasteiger partial charge in [-0.05, 0) is 61.9 Å². The number of rotatable bonds is 5. The van der Waals surface area contributed by atoms with Crippen LogP contribution in [0.15, 0.2) is 36.7 Å². The average Bonchev–Trinajstić information content (AvgIpc) is 3.45. The monoisotopic (exact) mass is 419 g/mol. The molecule has 7 nitrogen and oxygen atoms in total. The second-order valence-electron chi connectivity index (χ2n) is 8.59. The van der Waals surface area contributed by atoms with E-state index in [0.29, 0.717) is 12.4 Å². The summed E-state index contributed by atoms with van der Waals surface area (Å²) in [5.41, 5.74) is 3.54. The molecule has 1 N–H and O–H groups in total. The summed E-state index contributed by atoms with van der Waals surface area (Å²) in [7, 11) is 2.02. The second kappa shape index (κ2) is 8.77. The first-order valence-corrected chi connectivity index (χ1v) is 11.2. The Kier molecular flexibility index (Phi) is 5.70. The van der Waals surface area contributed by atoms with Gasteiger partial charge in [0.15, 0.2) is 0 Å². The number of nitrogens with zero attached hydrogens (tertiary/aromatic N) is 4. The molecule has 2 aliphatic rings. The van der Waals surface area contributed by atoms with E-state index in [-0.39, 0.29) is 12.0 Å². The van der Waals surface area contributed by atoms with Crippen molar-refractivity contribution in [2.24, 2.45) is 7.05 Å². The van der Waals surface area contributed by atoms with Crippen molar-refractivity contribution in [1.82, 2.24) is 19.7 Å². The first-order chi connectivity index (χ1) is 15.2. The maximum atomic E-state index is 12.4. The highest BCUT2D eigenvalue weighted by Gasteiger charge is 2.24. The van der Waals surface area contributed by atoms with Gasteiger partial charge in [-0.15, -0.1) is 0 Å². The predicted molar refractivity (Wildman–Crippen MR) is 121 cm³/mol. The standard InChI is InChI=1S/C24H29N5O2/c1-28-21(16-29-9-3-2-4-10-29)20(15-26-28)17-7-8-18-14-25-23(13-19(18)12-17)27-24(30)22-6-5-11-31-22/h7-8,12-15,22H,2-6,9-11,16H2,1H3,(H,25,27,30)/t22-/m1/s1. The van der Waals surface area contributed by atoms with E-state index in [0.717, 1.165) is 54.4 Å². The molecule has 4 heterocycles. The van der Waals surface area contributed by atoms with Gasteiger partial charge < -0.3 is 10.1 Å². The summed E-state index contributed by atoms with van der Waals surface area (Å²) in [5.74, 6) is 0.446. The first kappa shape index (κ1) is 20.2. The van der Waals surface area contributed by atoms with E-state index in [9.17, 15) is 4.79 Å². The zero-order chi connectivity index (χ0) is 21.2. The zero-order valence-electron chi connectivity index (χ0n) is 18.0. The minimum absolute atomic E-state index is 0.114. The van der Waals surface area contributed by atoms with Gasteiger partial charge in [0.05, 0.1) is 11.9 Å². The minimum Gasteiger partial charge on any atom is -0.368 e. The number of amides is 1. The predicted octanol–water partition coefficient (Wildman–Crippen LogP) is 3.74. The molecule has 7 heteroatoms. The quantitative estimate of drug-likeness (QED) is 0.682. The Labute approximate surface area is 182 Å². The lowest BCUT2D eigenvalue weighted by atomic mass is 10.0. The highest BCUT2D eigenvalue weighted by atomic mass is 16.5. The minimum atomic E-state index is -0.364. The maximum Gasteiger partial charge on any atom is 0.254 e. The molecule has 2 fully saturated rings. The van der Waals surface area contributed by atoms with Gasteiger partial charge in [0.25, 0.3) is 5.91 Å². The van der Waals surface area contributed by atoms with E-state index in [4.69, 9.17) is 4.74 Å².